The summed E-state index contributed by atoms with van der Waals surface area (Å²) in [5.74, 6) is -0.269. The largest absolute Gasteiger partial charge is 0.416 e. The van der Waals surface area contributed by atoms with Crippen molar-refractivity contribution in [1.82, 2.24) is 0 Å². The number of amides is 1. The highest BCUT2D eigenvalue weighted by Gasteiger charge is 2.34. The predicted molar refractivity (Wildman–Crippen MR) is 111 cm³/mol. The van der Waals surface area contributed by atoms with E-state index in [4.69, 9.17) is 5.73 Å². The zero-order valence-electron chi connectivity index (χ0n) is 14.9. The smallest absolute Gasteiger partial charge is 0.398 e. The van der Waals surface area contributed by atoms with Crippen LogP contribution < -0.4 is 10.6 Å². The van der Waals surface area contributed by atoms with Crippen molar-refractivity contribution in [2.24, 2.45) is 0 Å². The number of nitrogens with zero attached hydrogens (tertiary/aromatic N) is 1. The van der Waals surface area contributed by atoms with E-state index in [0.29, 0.717) is 16.3 Å². The number of benzene rings is 3. The molecule has 3 nitrogen and oxygen atoms in total. The topological polar surface area (TPSA) is 46.3 Å². The van der Waals surface area contributed by atoms with Gasteiger partial charge in [-0.15, -0.1) is 11.8 Å². The number of carbonyl (C=O) groups is 1. The fourth-order valence-electron chi connectivity index (χ4n) is 3.02. The molecule has 3 aromatic rings. The minimum Gasteiger partial charge on any atom is -0.398 e. The van der Waals surface area contributed by atoms with Crippen LogP contribution in [0.1, 0.15) is 5.56 Å². The Kier molecular flexibility index (Phi) is 5.23. The fraction of sp³-hybridized carbons (Fsp3) is 0.0952. The van der Waals surface area contributed by atoms with E-state index in [0.717, 1.165) is 21.9 Å². The number of rotatable bonds is 3. The average molecular weight is 432 g/mol. The zero-order chi connectivity index (χ0) is 20.6. The van der Waals surface area contributed by atoms with Crippen molar-refractivity contribution in [3.8, 4) is 0 Å². The third kappa shape index (κ3) is 3.95. The average Bonchev–Trinajstić information content (AvgIpc) is 2.70. The van der Waals surface area contributed by atoms with Crippen LogP contribution in [0.2, 0.25) is 0 Å². The first-order valence-electron chi connectivity index (χ1n) is 8.63. The minimum absolute atomic E-state index is 0.0445. The number of nitrogens with two attached hydrogens (primary N) is 1. The molecule has 0 radical (unpaired) electrons. The Morgan fingerprint density at radius 1 is 0.966 bits per heavy atom. The second-order valence-corrected chi connectivity index (χ2v) is 8.41. The Labute approximate surface area is 174 Å². The van der Waals surface area contributed by atoms with Gasteiger partial charge in [0.2, 0.25) is 5.91 Å². The minimum atomic E-state index is -4.49. The van der Waals surface area contributed by atoms with Crippen molar-refractivity contribution in [1.29, 1.82) is 0 Å². The van der Waals surface area contributed by atoms with Crippen molar-refractivity contribution >= 4 is 46.5 Å². The molecule has 1 amide bonds. The maximum atomic E-state index is 13.3. The number of hydrogen-bond acceptors (Lipinski definition) is 4. The highest BCUT2D eigenvalue weighted by molar-refractivity contribution is 8.00. The van der Waals surface area contributed by atoms with E-state index in [1.807, 2.05) is 24.3 Å². The van der Waals surface area contributed by atoms with Gasteiger partial charge in [-0.1, -0.05) is 36.0 Å². The summed E-state index contributed by atoms with van der Waals surface area (Å²) in [5.41, 5.74) is 6.53. The standard InChI is InChI=1S/C21H15F3N2OS2/c22-21(23,24)13-9-10-19-16(11-13)26(15-6-2-4-8-18(15)29-19)20(27)12-28-17-7-3-1-5-14(17)25/h1-11H,12,25H2. The third-order valence-corrected chi connectivity index (χ3v) is 6.58. The molecule has 0 aliphatic carbocycles. The number of halogens is 3. The number of anilines is 3. The Morgan fingerprint density at radius 2 is 1.66 bits per heavy atom. The summed E-state index contributed by atoms with van der Waals surface area (Å²) in [6.45, 7) is 0. The monoisotopic (exact) mass is 432 g/mol. The van der Waals surface area contributed by atoms with Gasteiger partial charge in [0.15, 0.2) is 0 Å². The molecule has 0 saturated heterocycles. The molecule has 29 heavy (non-hydrogen) atoms. The Hall–Kier alpha value is -2.58. The van der Waals surface area contributed by atoms with Gasteiger partial charge >= 0.3 is 6.18 Å². The Balaban J connectivity index is 1.71. The summed E-state index contributed by atoms with van der Waals surface area (Å²) in [6.07, 6.45) is -4.49. The first kappa shape index (κ1) is 19.7. The molecule has 0 fully saturated rings. The number of nitrogen functional groups attached to an aromatic ring is 1. The molecule has 0 atom stereocenters. The molecule has 0 spiro atoms. The van der Waals surface area contributed by atoms with Gasteiger partial charge in [0.25, 0.3) is 0 Å². The lowest BCUT2D eigenvalue weighted by atomic mass is 10.1. The maximum Gasteiger partial charge on any atom is 0.416 e. The van der Waals surface area contributed by atoms with Crippen molar-refractivity contribution in [2.75, 3.05) is 16.4 Å². The number of hydrogen-bond donors (Lipinski definition) is 1. The van der Waals surface area contributed by atoms with E-state index in [1.54, 1.807) is 24.3 Å². The maximum absolute atomic E-state index is 13.3. The lowest BCUT2D eigenvalue weighted by Gasteiger charge is -2.31. The van der Waals surface area contributed by atoms with E-state index in [-0.39, 0.29) is 17.3 Å². The summed E-state index contributed by atoms with van der Waals surface area (Å²) in [6, 6.07) is 17.9. The van der Waals surface area contributed by atoms with Gasteiger partial charge in [-0.2, -0.15) is 13.2 Å². The molecule has 0 bridgehead atoms. The first-order chi connectivity index (χ1) is 13.8. The molecule has 148 valence electrons. The van der Waals surface area contributed by atoms with E-state index < -0.39 is 11.7 Å². The van der Waals surface area contributed by atoms with E-state index in [2.05, 4.69) is 0 Å². The zero-order valence-corrected chi connectivity index (χ0v) is 16.6. The second-order valence-electron chi connectivity index (χ2n) is 6.31. The van der Waals surface area contributed by atoms with Crippen LogP contribution in [0.4, 0.5) is 30.2 Å². The van der Waals surface area contributed by atoms with Crippen LogP contribution in [-0.4, -0.2) is 11.7 Å². The number of para-hydroxylation sites is 2. The van der Waals surface area contributed by atoms with E-state index in [1.165, 1.54) is 34.5 Å². The normalized spacial score (nSPS) is 13.0. The van der Waals surface area contributed by atoms with Gasteiger partial charge in [0.05, 0.1) is 22.7 Å². The molecule has 0 saturated carbocycles. The first-order valence-corrected chi connectivity index (χ1v) is 10.4. The van der Waals surface area contributed by atoms with E-state index >= 15 is 0 Å². The molecule has 0 aromatic heterocycles. The van der Waals surface area contributed by atoms with Crippen LogP contribution >= 0.6 is 23.5 Å². The van der Waals surface area contributed by atoms with Crippen molar-refractivity contribution in [3.63, 3.8) is 0 Å². The highest BCUT2D eigenvalue weighted by Crippen LogP contribution is 2.49. The van der Waals surface area contributed by atoms with E-state index in [9.17, 15) is 18.0 Å². The number of thioether (sulfide) groups is 1. The molecular formula is C21H15F3N2OS2. The Morgan fingerprint density at radius 3 is 2.41 bits per heavy atom. The van der Waals surface area contributed by atoms with Crippen LogP contribution in [0.25, 0.3) is 0 Å². The summed E-state index contributed by atoms with van der Waals surface area (Å²) in [5, 5.41) is 0. The van der Waals surface area contributed by atoms with Crippen LogP contribution in [-0.2, 0) is 11.0 Å². The van der Waals surface area contributed by atoms with Crippen LogP contribution in [0.3, 0.4) is 0 Å². The van der Waals surface area contributed by atoms with Gasteiger partial charge < -0.3 is 5.73 Å². The van der Waals surface area contributed by atoms with Crippen LogP contribution in [0, 0.1) is 0 Å². The summed E-state index contributed by atoms with van der Waals surface area (Å²) < 4.78 is 39.8. The predicted octanol–water partition coefficient (Wildman–Crippen LogP) is 6.21. The van der Waals surface area contributed by atoms with Crippen LogP contribution in [0.5, 0.6) is 0 Å². The van der Waals surface area contributed by atoms with Crippen molar-refractivity contribution in [3.05, 3.63) is 72.3 Å². The molecule has 3 aromatic carbocycles. The molecule has 8 heteroatoms. The lowest BCUT2D eigenvalue weighted by Crippen LogP contribution is -2.30. The molecule has 2 N–H and O–H groups in total. The SMILES string of the molecule is Nc1ccccc1SCC(=O)N1c2ccccc2Sc2ccc(C(F)(F)F)cc21. The molecule has 1 aliphatic heterocycles. The van der Waals surface area contributed by atoms with Crippen molar-refractivity contribution < 1.29 is 18.0 Å². The third-order valence-electron chi connectivity index (χ3n) is 4.37. The second kappa shape index (κ2) is 7.68. The van der Waals surface area contributed by atoms with Crippen molar-refractivity contribution in [2.45, 2.75) is 20.9 Å². The van der Waals surface area contributed by atoms with Gasteiger partial charge in [-0.25, -0.2) is 0 Å². The van der Waals surface area contributed by atoms with Crippen LogP contribution in [0.15, 0.2) is 81.4 Å². The summed E-state index contributed by atoms with van der Waals surface area (Å²) in [4.78, 5) is 16.7. The Bertz CT molecular complexity index is 1090. The lowest BCUT2D eigenvalue weighted by molar-refractivity contribution is -0.137. The number of alkyl halides is 3. The molecule has 1 aliphatic rings. The number of carbonyl (C=O) groups excluding carboxylic acids is 1. The molecular weight excluding hydrogens is 417 g/mol. The fourth-order valence-corrected chi connectivity index (χ4v) is 4.87. The van der Waals surface area contributed by atoms with Gasteiger partial charge in [-0.3, -0.25) is 9.69 Å². The van der Waals surface area contributed by atoms with Gasteiger partial charge in [0.1, 0.15) is 0 Å². The molecule has 0 unspecified atom stereocenters. The molecule has 1 heterocycles. The van der Waals surface area contributed by atoms with Gasteiger partial charge in [0, 0.05) is 20.4 Å². The molecule has 4 rings (SSSR count). The highest BCUT2D eigenvalue weighted by atomic mass is 32.2. The summed E-state index contributed by atoms with van der Waals surface area (Å²) in [7, 11) is 0. The van der Waals surface area contributed by atoms with Gasteiger partial charge in [-0.05, 0) is 42.5 Å². The summed E-state index contributed by atoms with van der Waals surface area (Å²) >= 11 is 2.61. The number of fused-ring (bicyclic) bond motifs is 2. The quantitative estimate of drug-likeness (QED) is 0.395.